The van der Waals surface area contributed by atoms with Gasteiger partial charge in [0, 0.05) is 7.05 Å². The van der Waals surface area contributed by atoms with Gasteiger partial charge in [-0.1, -0.05) is 11.3 Å². The van der Waals surface area contributed by atoms with Gasteiger partial charge in [-0.25, -0.2) is 8.78 Å². The second-order valence-corrected chi connectivity index (χ2v) is 3.24. The van der Waals surface area contributed by atoms with E-state index in [-0.39, 0.29) is 5.01 Å². The number of aromatic nitrogens is 2. The maximum atomic E-state index is 11.7. The molecule has 0 aromatic carbocycles. The first-order valence-corrected chi connectivity index (χ1v) is 4.52. The van der Waals surface area contributed by atoms with Crippen LogP contribution in [0.15, 0.2) is 0 Å². The van der Waals surface area contributed by atoms with E-state index in [0.29, 0.717) is 5.13 Å². The molecule has 0 saturated heterocycles. The summed E-state index contributed by atoms with van der Waals surface area (Å²) in [6, 6.07) is 0. The van der Waals surface area contributed by atoms with E-state index in [4.69, 9.17) is 0 Å². The summed E-state index contributed by atoms with van der Waals surface area (Å²) in [6.07, 6.45) is -2.56. The Morgan fingerprint density at radius 1 is 1.57 bits per heavy atom. The molecular formula is C6H8F2N4OS. The number of carbonyl (C=O) groups is 1. The summed E-state index contributed by atoms with van der Waals surface area (Å²) in [4.78, 5) is 11.1. The first kappa shape index (κ1) is 10.8. The molecule has 8 heteroatoms. The molecule has 0 atom stereocenters. The van der Waals surface area contributed by atoms with Gasteiger partial charge in [-0.3, -0.25) is 4.79 Å². The van der Waals surface area contributed by atoms with Crippen molar-refractivity contribution in [3.8, 4) is 0 Å². The summed E-state index contributed by atoms with van der Waals surface area (Å²) in [5.74, 6) is -0.635. The number of rotatable bonds is 4. The highest BCUT2D eigenvalue weighted by Gasteiger charge is 2.13. The van der Waals surface area contributed by atoms with Crippen molar-refractivity contribution in [2.24, 2.45) is 0 Å². The van der Waals surface area contributed by atoms with Crippen LogP contribution in [0.25, 0.3) is 0 Å². The van der Waals surface area contributed by atoms with Crippen molar-refractivity contribution < 1.29 is 13.6 Å². The molecule has 1 aromatic heterocycles. The van der Waals surface area contributed by atoms with Crippen LogP contribution < -0.4 is 10.6 Å². The van der Waals surface area contributed by atoms with Crippen LogP contribution in [0.5, 0.6) is 0 Å². The molecule has 1 rings (SSSR count). The SMILES string of the molecule is CNc1nnc(C(=O)NCC(F)F)s1. The standard InChI is InChI=1S/C6H8F2N4OS/c1-9-6-12-11-5(14-6)4(13)10-2-3(7)8/h3H,2H2,1H3,(H,9,12)(H,10,13). The molecule has 0 saturated carbocycles. The van der Waals surface area contributed by atoms with E-state index < -0.39 is 18.9 Å². The molecule has 5 nitrogen and oxygen atoms in total. The van der Waals surface area contributed by atoms with Gasteiger partial charge in [0.1, 0.15) is 0 Å². The van der Waals surface area contributed by atoms with Crippen LogP contribution in [0.4, 0.5) is 13.9 Å². The summed E-state index contributed by atoms with van der Waals surface area (Å²) in [5, 5.41) is 12.3. The van der Waals surface area contributed by atoms with E-state index >= 15 is 0 Å². The number of anilines is 1. The first-order valence-electron chi connectivity index (χ1n) is 3.71. The highest BCUT2D eigenvalue weighted by atomic mass is 32.1. The Morgan fingerprint density at radius 2 is 2.29 bits per heavy atom. The molecule has 0 aliphatic rings. The molecule has 0 aliphatic heterocycles. The van der Waals surface area contributed by atoms with E-state index in [2.05, 4.69) is 15.5 Å². The smallest absolute Gasteiger partial charge is 0.282 e. The molecule has 0 spiro atoms. The summed E-state index contributed by atoms with van der Waals surface area (Å²) < 4.78 is 23.4. The minimum atomic E-state index is -2.56. The average molecular weight is 222 g/mol. The molecule has 0 aliphatic carbocycles. The Bertz CT molecular complexity index is 317. The third-order valence-electron chi connectivity index (χ3n) is 1.25. The van der Waals surface area contributed by atoms with Crippen LogP contribution in [0.1, 0.15) is 9.80 Å². The lowest BCUT2D eigenvalue weighted by Gasteiger charge is -1.99. The molecule has 2 N–H and O–H groups in total. The molecule has 0 unspecified atom stereocenters. The van der Waals surface area contributed by atoms with Crippen LogP contribution in [0.3, 0.4) is 0 Å². The van der Waals surface area contributed by atoms with Crippen molar-refractivity contribution in [3.05, 3.63) is 5.01 Å². The zero-order valence-corrected chi connectivity index (χ0v) is 8.07. The Balaban J connectivity index is 2.52. The fourth-order valence-electron chi connectivity index (χ4n) is 0.661. The zero-order valence-electron chi connectivity index (χ0n) is 7.25. The topological polar surface area (TPSA) is 66.9 Å². The van der Waals surface area contributed by atoms with Crippen LogP contribution in [0, 0.1) is 0 Å². The molecule has 1 heterocycles. The lowest BCUT2D eigenvalue weighted by Crippen LogP contribution is -2.28. The van der Waals surface area contributed by atoms with Crippen molar-refractivity contribution in [1.29, 1.82) is 0 Å². The number of hydrogen-bond acceptors (Lipinski definition) is 5. The highest BCUT2D eigenvalue weighted by molar-refractivity contribution is 7.17. The molecule has 0 fully saturated rings. The highest BCUT2D eigenvalue weighted by Crippen LogP contribution is 2.13. The average Bonchev–Trinajstić information content (AvgIpc) is 2.62. The van der Waals surface area contributed by atoms with Crippen LogP contribution in [-0.4, -0.2) is 36.1 Å². The van der Waals surface area contributed by atoms with Gasteiger partial charge in [0.05, 0.1) is 6.54 Å². The number of carbonyl (C=O) groups excluding carboxylic acids is 1. The Hall–Kier alpha value is -1.31. The third kappa shape index (κ3) is 2.87. The summed E-state index contributed by atoms with van der Waals surface area (Å²) >= 11 is 1.00. The van der Waals surface area contributed by atoms with Crippen LogP contribution >= 0.6 is 11.3 Å². The number of alkyl halides is 2. The Labute approximate surface area is 82.5 Å². The predicted octanol–water partition coefficient (Wildman–Crippen LogP) is 0.575. The van der Waals surface area contributed by atoms with E-state index in [1.807, 2.05) is 5.32 Å². The molecule has 1 amide bonds. The Morgan fingerprint density at radius 3 is 2.79 bits per heavy atom. The quantitative estimate of drug-likeness (QED) is 0.781. The number of nitrogens with one attached hydrogen (secondary N) is 2. The number of halogens is 2. The van der Waals surface area contributed by atoms with Gasteiger partial charge in [-0.2, -0.15) is 0 Å². The normalized spacial score (nSPS) is 10.3. The second kappa shape index (κ2) is 4.80. The predicted molar refractivity (Wildman–Crippen MR) is 47.8 cm³/mol. The van der Waals surface area contributed by atoms with Crippen molar-refractivity contribution in [3.63, 3.8) is 0 Å². The molecule has 14 heavy (non-hydrogen) atoms. The summed E-state index contributed by atoms with van der Waals surface area (Å²) in [5.41, 5.74) is 0. The fraction of sp³-hybridized carbons (Fsp3) is 0.500. The Kier molecular flexibility index (Phi) is 3.69. The number of hydrogen-bond donors (Lipinski definition) is 2. The van der Waals surface area contributed by atoms with E-state index in [9.17, 15) is 13.6 Å². The third-order valence-corrected chi connectivity index (χ3v) is 2.19. The molecular weight excluding hydrogens is 214 g/mol. The first-order chi connectivity index (χ1) is 6.63. The second-order valence-electron chi connectivity index (χ2n) is 2.26. The maximum Gasteiger partial charge on any atom is 0.282 e. The summed E-state index contributed by atoms with van der Waals surface area (Å²) in [6.45, 7) is -0.673. The monoisotopic (exact) mass is 222 g/mol. The minimum Gasteiger partial charge on any atom is -0.363 e. The number of amides is 1. The van der Waals surface area contributed by atoms with Gasteiger partial charge in [0.2, 0.25) is 10.1 Å². The van der Waals surface area contributed by atoms with Gasteiger partial charge in [0.15, 0.2) is 0 Å². The van der Waals surface area contributed by atoms with Gasteiger partial charge >= 0.3 is 0 Å². The molecule has 1 aromatic rings. The zero-order chi connectivity index (χ0) is 10.6. The lowest BCUT2D eigenvalue weighted by atomic mass is 10.6. The number of nitrogens with zero attached hydrogens (tertiary/aromatic N) is 2. The molecule has 0 bridgehead atoms. The molecule has 0 radical (unpaired) electrons. The van der Waals surface area contributed by atoms with Crippen LogP contribution in [-0.2, 0) is 0 Å². The van der Waals surface area contributed by atoms with Crippen molar-refractivity contribution >= 4 is 22.4 Å². The van der Waals surface area contributed by atoms with Gasteiger partial charge < -0.3 is 10.6 Å². The van der Waals surface area contributed by atoms with Crippen molar-refractivity contribution in [2.75, 3.05) is 18.9 Å². The maximum absolute atomic E-state index is 11.7. The van der Waals surface area contributed by atoms with Gasteiger partial charge in [0.25, 0.3) is 12.3 Å². The van der Waals surface area contributed by atoms with Gasteiger partial charge in [-0.05, 0) is 0 Å². The van der Waals surface area contributed by atoms with Crippen molar-refractivity contribution in [1.82, 2.24) is 15.5 Å². The fourth-order valence-corrected chi connectivity index (χ4v) is 1.27. The summed E-state index contributed by atoms with van der Waals surface area (Å²) in [7, 11) is 1.63. The van der Waals surface area contributed by atoms with E-state index in [0.717, 1.165) is 11.3 Å². The largest absolute Gasteiger partial charge is 0.363 e. The van der Waals surface area contributed by atoms with Gasteiger partial charge in [-0.15, -0.1) is 10.2 Å². The van der Waals surface area contributed by atoms with Crippen molar-refractivity contribution in [2.45, 2.75) is 6.43 Å². The molecule has 78 valence electrons. The van der Waals surface area contributed by atoms with Crippen LogP contribution in [0.2, 0.25) is 0 Å². The van der Waals surface area contributed by atoms with E-state index in [1.165, 1.54) is 0 Å². The lowest BCUT2D eigenvalue weighted by molar-refractivity contribution is 0.0890. The minimum absolute atomic E-state index is 0.0648. The van der Waals surface area contributed by atoms with E-state index in [1.54, 1.807) is 7.05 Å².